The maximum absolute atomic E-state index is 11.7. The van der Waals surface area contributed by atoms with Gasteiger partial charge in [0.2, 0.25) is 5.91 Å². The third-order valence-corrected chi connectivity index (χ3v) is 3.83. The van der Waals surface area contributed by atoms with Crippen LogP contribution in [-0.2, 0) is 14.4 Å². The molecule has 0 unspecified atom stereocenters. The molecule has 0 aromatic carbocycles. The van der Waals surface area contributed by atoms with E-state index in [0.717, 1.165) is 12.8 Å². The topological polar surface area (TPSA) is 104 Å². The van der Waals surface area contributed by atoms with E-state index >= 15 is 0 Å². The molecule has 1 fully saturated rings. The number of carboxylic acids is 2. The van der Waals surface area contributed by atoms with Gasteiger partial charge in [0, 0.05) is 13.0 Å². The van der Waals surface area contributed by atoms with Crippen LogP contribution in [0.3, 0.4) is 0 Å². The van der Waals surface area contributed by atoms with Crippen LogP contribution in [0.5, 0.6) is 0 Å². The molecule has 0 aliphatic heterocycles. The van der Waals surface area contributed by atoms with E-state index in [0.29, 0.717) is 19.3 Å². The van der Waals surface area contributed by atoms with Crippen LogP contribution in [0.2, 0.25) is 0 Å². The lowest BCUT2D eigenvalue weighted by atomic mass is 9.82. The van der Waals surface area contributed by atoms with Crippen molar-refractivity contribution in [3.63, 3.8) is 0 Å². The molecule has 0 saturated heterocycles. The summed E-state index contributed by atoms with van der Waals surface area (Å²) in [5, 5.41) is 20.6. The molecule has 0 bridgehead atoms. The number of hydrogen-bond acceptors (Lipinski definition) is 3. The predicted octanol–water partition coefficient (Wildman–Crippen LogP) is 1.25. The van der Waals surface area contributed by atoms with Crippen molar-refractivity contribution in [3.8, 4) is 0 Å². The van der Waals surface area contributed by atoms with Gasteiger partial charge >= 0.3 is 11.9 Å². The van der Waals surface area contributed by atoms with Crippen LogP contribution >= 0.6 is 0 Å². The van der Waals surface area contributed by atoms with Crippen molar-refractivity contribution in [2.45, 2.75) is 45.4 Å². The summed E-state index contributed by atoms with van der Waals surface area (Å²) in [5.74, 6) is -2.62. The summed E-state index contributed by atoms with van der Waals surface area (Å²) in [6.45, 7) is 1.84. The molecule has 3 N–H and O–H groups in total. The molecule has 6 heteroatoms. The van der Waals surface area contributed by atoms with Crippen LogP contribution in [0, 0.1) is 11.3 Å². The van der Waals surface area contributed by atoms with Gasteiger partial charge in [-0.15, -0.1) is 0 Å². The summed E-state index contributed by atoms with van der Waals surface area (Å²) in [6, 6.07) is 0. The Morgan fingerprint density at radius 3 is 2.26 bits per heavy atom. The summed E-state index contributed by atoms with van der Waals surface area (Å²) < 4.78 is 0. The first-order chi connectivity index (χ1) is 8.87. The normalized spacial score (nSPS) is 18.8. The van der Waals surface area contributed by atoms with E-state index in [-0.39, 0.29) is 18.9 Å². The summed E-state index contributed by atoms with van der Waals surface area (Å²) in [6.07, 6.45) is 3.11. The highest BCUT2D eigenvalue weighted by Crippen LogP contribution is 2.41. The Balaban J connectivity index is 2.38. The minimum Gasteiger partial charge on any atom is -0.481 e. The van der Waals surface area contributed by atoms with Crippen LogP contribution in [0.1, 0.15) is 45.4 Å². The number of carbonyl (C=O) groups excluding carboxylic acids is 1. The van der Waals surface area contributed by atoms with Gasteiger partial charge in [0.1, 0.15) is 0 Å². The van der Waals surface area contributed by atoms with E-state index in [9.17, 15) is 19.5 Å². The zero-order chi connectivity index (χ0) is 14.5. The summed E-state index contributed by atoms with van der Waals surface area (Å²) in [4.78, 5) is 33.6. The minimum atomic E-state index is -0.914. The number of aliphatic carboxylic acids is 2. The van der Waals surface area contributed by atoms with Gasteiger partial charge < -0.3 is 15.5 Å². The minimum absolute atomic E-state index is 0.0101. The van der Waals surface area contributed by atoms with Crippen LogP contribution < -0.4 is 5.32 Å². The molecule has 0 spiro atoms. The molecule has 0 heterocycles. The molecule has 19 heavy (non-hydrogen) atoms. The lowest BCUT2D eigenvalue weighted by Gasteiger charge is -2.22. The van der Waals surface area contributed by atoms with Crippen molar-refractivity contribution >= 4 is 17.8 Å². The van der Waals surface area contributed by atoms with Gasteiger partial charge in [0.05, 0.1) is 11.3 Å². The Bertz CT molecular complexity index is 360. The van der Waals surface area contributed by atoms with E-state index in [1.54, 1.807) is 6.92 Å². The van der Waals surface area contributed by atoms with Crippen LogP contribution in [0.4, 0.5) is 0 Å². The molecular formula is C13H21NO5. The third-order valence-electron chi connectivity index (χ3n) is 3.83. The van der Waals surface area contributed by atoms with Crippen molar-refractivity contribution < 1.29 is 24.6 Å². The average molecular weight is 271 g/mol. The summed E-state index contributed by atoms with van der Waals surface area (Å²) >= 11 is 0. The van der Waals surface area contributed by atoms with Crippen LogP contribution in [0.25, 0.3) is 0 Å². The Morgan fingerprint density at radius 1 is 1.21 bits per heavy atom. The fourth-order valence-corrected chi connectivity index (χ4v) is 2.44. The zero-order valence-corrected chi connectivity index (χ0v) is 11.1. The third kappa shape index (κ3) is 4.22. The van der Waals surface area contributed by atoms with Gasteiger partial charge in [-0.2, -0.15) is 0 Å². The standard InChI is InChI=1S/C13H21NO5/c1-9(11(16)17)4-7-14-10(15)8-13(12(18)19)5-2-3-6-13/h9H,2-8H2,1H3,(H,14,15)(H,16,17)(H,18,19)/t9-/m1/s1. The lowest BCUT2D eigenvalue weighted by molar-refractivity contribution is -0.151. The van der Waals surface area contributed by atoms with Crippen LogP contribution in [0.15, 0.2) is 0 Å². The van der Waals surface area contributed by atoms with Gasteiger partial charge in [0.15, 0.2) is 0 Å². The highest BCUT2D eigenvalue weighted by atomic mass is 16.4. The maximum atomic E-state index is 11.7. The number of carboxylic acid groups (broad SMARTS) is 2. The van der Waals surface area contributed by atoms with Gasteiger partial charge in [-0.3, -0.25) is 14.4 Å². The van der Waals surface area contributed by atoms with Crippen molar-refractivity contribution in [1.82, 2.24) is 5.32 Å². The van der Waals surface area contributed by atoms with Crippen molar-refractivity contribution in [2.75, 3.05) is 6.54 Å². The Labute approximate surface area is 112 Å². The molecular weight excluding hydrogens is 250 g/mol. The first kappa shape index (κ1) is 15.5. The molecule has 108 valence electrons. The summed E-state index contributed by atoms with van der Waals surface area (Å²) in [5.41, 5.74) is -0.914. The lowest BCUT2D eigenvalue weighted by Crippen LogP contribution is -2.36. The molecule has 0 aromatic rings. The van der Waals surface area contributed by atoms with E-state index in [4.69, 9.17) is 5.11 Å². The molecule has 0 aromatic heterocycles. The molecule has 6 nitrogen and oxygen atoms in total. The smallest absolute Gasteiger partial charge is 0.310 e. The first-order valence-electron chi connectivity index (χ1n) is 6.60. The average Bonchev–Trinajstić information content (AvgIpc) is 2.78. The molecule has 1 amide bonds. The number of carbonyl (C=O) groups is 3. The predicted molar refractivity (Wildman–Crippen MR) is 67.6 cm³/mol. The molecule has 1 saturated carbocycles. The fraction of sp³-hybridized carbons (Fsp3) is 0.769. The first-order valence-corrected chi connectivity index (χ1v) is 6.60. The molecule has 1 aliphatic carbocycles. The maximum Gasteiger partial charge on any atom is 0.310 e. The molecule has 1 atom stereocenters. The second kappa shape index (κ2) is 6.54. The summed E-state index contributed by atoms with van der Waals surface area (Å²) in [7, 11) is 0. The number of rotatable bonds is 7. The molecule has 1 aliphatic rings. The van der Waals surface area contributed by atoms with Gasteiger partial charge in [-0.25, -0.2) is 0 Å². The van der Waals surface area contributed by atoms with E-state index < -0.39 is 23.3 Å². The van der Waals surface area contributed by atoms with Crippen molar-refractivity contribution in [2.24, 2.45) is 11.3 Å². The molecule has 0 radical (unpaired) electrons. The SMILES string of the molecule is C[C@H](CCNC(=O)CC1(C(=O)O)CCCC1)C(=O)O. The fourth-order valence-electron chi connectivity index (χ4n) is 2.44. The van der Waals surface area contributed by atoms with Gasteiger partial charge in [0.25, 0.3) is 0 Å². The highest BCUT2D eigenvalue weighted by molar-refractivity contribution is 5.85. The second-order valence-corrected chi connectivity index (χ2v) is 5.35. The Hall–Kier alpha value is -1.59. The number of hydrogen-bond donors (Lipinski definition) is 3. The second-order valence-electron chi connectivity index (χ2n) is 5.35. The van der Waals surface area contributed by atoms with Crippen molar-refractivity contribution in [1.29, 1.82) is 0 Å². The zero-order valence-electron chi connectivity index (χ0n) is 11.1. The van der Waals surface area contributed by atoms with E-state index in [1.165, 1.54) is 0 Å². The Kier molecular flexibility index (Phi) is 5.32. The van der Waals surface area contributed by atoms with Gasteiger partial charge in [-0.1, -0.05) is 19.8 Å². The van der Waals surface area contributed by atoms with E-state index in [1.807, 2.05) is 0 Å². The largest absolute Gasteiger partial charge is 0.481 e. The van der Waals surface area contributed by atoms with Gasteiger partial charge in [-0.05, 0) is 19.3 Å². The van der Waals surface area contributed by atoms with Crippen LogP contribution in [-0.4, -0.2) is 34.6 Å². The number of amides is 1. The highest BCUT2D eigenvalue weighted by Gasteiger charge is 2.42. The molecule has 1 rings (SSSR count). The van der Waals surface area contributed by atoms with E-state index in [2.05, 4.69) is 5.32 Å². The van der Waals surface area contributed by atoms with Crippen molar-refractivity contribution in [3.05, 3.63) is 0 Å². The quantitative estimate of drug-likeness (QED) is 0.646. The monoisotopic (exact) mass is 271 g/mol. The Morgan fingerprint density at radius 2 is 1.79 bits per heavy atom. The number of nitrogens with one attached hydrogen (secondary N) is 1.